The number of carbonyl (C=O) groups excluding carboxylic acids is 2. The van der Waals surface area contributed by atoms with Crippen LogP contribution in [0, 0.1) is 0 Å². The molecule has 17 heavy (non-hydrogen) atoms. The highest BCUT2D eigenvalue weighted by atomic mass is 16.2. The lowest BCUT2D eigenvalue weighted by Crippen LogP contribution is -2.48. The van der Waals surface area contributed by atoms with E-state index in [1.165, 1.54) is 12.4 Å². The molecule has 1 aromatic rings. The standard InChI is InChI=1S/C11H14N4O2/c1-9(17)14-2-4-15(5-3-14)11-12-6-10(8-16)7-13-11/h6-8H,2-5H2,1H3. The molecule has 6 heteroatoms. The predicted molar refractivity (Wildman–Crippen MR) is 61.9 cm³/mol. The van der Waals surface area contributed by atoms with Gasteiger partial charge in [0.25, 0.3) is 0 Å². The van der Waals surface area contributed by atoms with Gasteiger partial charge in [0.2, 0.25) is 11.9 Å². The van der Waals surface area contributed by atoms with Crippen LogP contribution in [0.2, 0.25) is 0 Å². The van der Waals surface area contributed by atoms with Crippen LogP contribution in [0.5, 0.6) is 0 Å². The molecule has 1 aliphatic heterocycles. The molecule has 0 radical (unpaired) electrons. The molecular formula is C11H14N4O2. The predicted octanol–water partition coefficient (Wildman–Crippen LogP) is -0.0424. The van der Waals surface area contributed by atoms with Crippen molar-refractivity contribution in [2.75, 3.05) is 31.1 Å². The van der Waals surface area contributed by atoms with E-state index >= 15 is 0 Å². The molecule has 1 fully saturated rings. The minimum atomic E-state index is 0.0990. The van der Waals surface area contributed by atoms with Gasteiger partial charge in [-0.3, -0.25) is 9.59 Å². The van der Waals surface area contributed by atoms with Crippen molar-refractivity contribution < 1.29 is 9.59 Å². The number of nitrogens with zero attached hydrogens (tertiary/aromatic N) is 4. The number of aldehydes is 1. The van der Waals surface area contributed by atoms with E-state index in [1.807, 2.05) is 4.90 Å². The Morgan fingerprint density at radius 2 is 1.82 bits per heavy atom. The fraction of sp³-hybridized carbons (Fsp3) is 0.455. The van der Waals surface area contributed by atoms with Gasteiger partial charge in [-0.25, -0.2) is 9.97 Å². The number of piperazine rings is 1. The van der Waals surface area contributed by atoms with Gasteiger partial charge >= 0.3 is 0 Å². The first-order chi connectivity index (χ1) is 8.20. The van der Waals surface area contributed by atoms with E-state index in [0.29, 0.717) is 24.6 Å². The Balaban J connectivity index is 2.00. The lowest BCUT2D eigenvalue weighted by Gasteiger charge is -2.34. The van der Waals surface area contributed by atoms with Gasteiger partial charge in [-0.05, 0) is 0 Å². The van der Waals surface area contributed by atoms with Gasteiger partial charge in [0.15, 0.2) is 6.29 Å². The molecule has 1 saturated heterocycles. The highest BCUT2D eigenvalue weighted by Crippen LogP contribution is 2.10. The first-order valence-corrected chi connectivity index (χ1v) is 5.48. The van der Waals surface area contributed by atoms with E-state index < -0.39 is 0 Å². The summed E-state index contributed by atoms with van der Waals surface area (Å²) in [6.07, 6.45) is 3.73. The van der Waals surface area contributed by atoms with Crippen LogP contribution in [0.15, 0.2) is 12.4 Å². The van der Waals surface area contributed by atoms with Crippen molar-refractivity contribution in [2.45, 2.75) is 6.92 Å². The Bertz CT molecular complexity index is 410. The number of anilines is 1. The van der Waals surface area contributed by atoms with Crippen molar-refractivity contribution in [3.63, 3.8) is 0 Å². The molecule has 90 valence electrons. The second kappa shape index (κ2) is 4.90. The highest BCUT2D eigenvalue weighted by Gasteiger charge is 2.19. The van der Waals surface area contributed by atoms with Gasteiger partial charge in [0, 0.05) is 45.5 Å². The molecule has 2 heterocycles. The minimum Gasteiger partial charge on any atom is -0.339 e. The molecule has 1 aromatic heterocycles. The van der Waals surface area contributed by atoms with E-state index in [9.17, 15) is 9.59 Å². The monoisotopic (exact) mass is 234 g/mol. The van der Waals surface area contributed by atoms with Crippen LogP contribution in [0.3, 0.4) is 0 Å². The van der Waals surface area contributed by atoms with Crippen LogP contribution < -0.4 is 4.90 Å². The number of rotatable bonds is 2. The van der Waals surface area contributed by atoms with Crippen molar-refractivity contribution in [1.82, 2.24) is 14.9 Å². The van der Waals surface area contributed by atoms with Crippen molar-refractivity contribution in [1.29, 1.82) is 0 Å². The molecule has 0 spiro atoms. The Hall–Kier alpha value is -1.98. The summed E-state index contributed by atoms with van der Waals surface area (Å²) in [5.74, 6) is 0.709. The number of carbonyl (C=O) groups is 2. The van der Waals surface area contributed by atoms with E-state index in [1.54, 1.807) is 11.8 Å². The molecule has 0 aromatic carbocycles. The number of aromatic nitrogens is 2. The fourth-order valence-electron chi connectivity index (χ4n) is 1.78. The topological polar surface area (TPSA) is 66.4 Å². The minimum absolute atomic E-state index is 0.0990. The molecule has 0 unspecified atom stereocenters. The molecule has 0 saturated carbocycles. The van der Waals surface area contributed by atoms with Crippen molar-refractivity contribution in [3.8, 4) is 0 Å². The maximum atomic E-state index is 11.2. The third-order valence-corrected chi connectivity index (χ3v) is 2.80. The summed E-state index contributed by atoms with van der Waals surface area (Å²) in [5.41, 5.74) is 0.469. The molecule has 0 N–H and O–H groups in total. The van der Waals surface area contributed by atoms with Crippen molar-refractivity contribution >= 4 is 18.1 Å². The largest absolute Gasteiger partial charge is 0.339 e. The Kier molecular flexibility index (Phi) is 3.32. The lowest BCUT2D eigenvalue weighted by atomic mass is 10.3. The Morgan fingerprint density at radius 3 is 2.29 bits per heavy atom. The number of hydrogen-bond donors (Lipinski definition) is 0. The molecule has 1 amide bonds. The molecule has 0 bridgehead atoms. The second-order valence-corrected chi connectivity index (χ2v) is 3.93. The third kappa shape index (κ3) is 2.58. The van der Waals surface area contributed by atoms with Crippen LogP contribution >= 0.6 is 0 Å². The third-order valence-electron chi connectivity index (χ3n) is 2.80. The van der Waals surface area contributed by atoms with Gasteiger partial charge in [0.05, 0.1) is 5.56 Å². The summed E-state index contributed by atoms with van der Waals surface area (Å²) in [6.45, 7) is 4.40. The maximum Gasteiger partial charge on any atom is 0.225 e. The first-order valence-electron chi connectivity index (χ1n) is 5.48. The molecule has 6 nitrogen and oxygen atoms in total. The molecule has 1 aliphatic rings. The maximum absolute atomic E-state index is 11.2. The van der Waals surface area contributed by atoms with Crippen LogP contribution in [-0.2, 0) is 4.79 Å². The average molecular weight is 234 g/mol. The summed E-state index contributed by atoms with van der Waals surface area (Å²) in [4.78, 5) is 33.7. The van der Waals surface area contributed by atoms with Gasteiger partial charge in [-0.15, -0.1) is 0 Å². The quantitative estimate of drug-likeness (QED) is 0.672. The van der Waals surface area contributed by atoms with E-state index in [-0.39, 0.29) is 5.91 Å². The fourth-order valence-corrected chi connectivity index (χ4v) is 1.78. The first kappa shape index (κ1) is 11.5. The zero-order valence-corrected chi connectivity index (χ0v) is 9.67. The summed E-state index contributed by atoms with van der Waals surface area (Å²) < 4.78 is 0. The molecular weight excluding hydrogens is 220 g/mol. The molecule has 0 atom stereocenters. The summed E-state index contributed by atoms with van der Waals surface area (Å²) in [5, 5.41) is 0. The highest BCUT2D eigenvalue weighted by molar-refractivity contribution is 5.74. The van der Waals surface area contributed by atoms with Gasteiger partial charge < -0.3 is 9.80 Å². The second-order valence-electron chi connectivity index (χ2n) is 3.93. The Morgan fingerprint density at radius 1 is 1.24 bits per heavy atom. The summed E-state index contributed by atoms with van der Waals surface area (Å²) >= 11 is 0. The summed E-state index contributed by atoms with van der Waals surface area (Å²) in [7, 11) is 0. The van der Waals surface area contributed by atoms with E-state index in [4.69, 9.17) is 0 Å². The Labute approximate surface area is 99.3 Å². The van der Waals surface area contributed by atoms with Crippen LogP contribution in [0.25, 0.3) is 0 Å². The van der Waals surface area contributed by atoms with Gasteiger partial charge in [0.1, 0.15) is 0 Å². The zero-order chi connectivity index (χ0) is 12.3. The van der Waals surface area contributed by atoms with Crippen LogP contribution in [0.4, 0.5) is 5.95 Å². The van der Waals surface area contributed by atoms with Crippen molar-refractivity contribution in [2.24, 2.45) is 0 Å². The van der Waals surface area contributed by atoms with Crippen LogP contribution in [0.1, 0.15) is 17.3 Å². The van der Waals surface area contributed by atoms with E-state index in [2.05, 4.69) is 9.97 Å². The smallest absolute Gasteiger partial charge is 0.225 e. The van der Waals surface area contributed by atoms with Crippen LogP contribution in [-0.4, -0.2) is 53.2 Å². The number of amides is 1. The zero-order valence-electron chi connectivity index (χ0n) is 9.67. The lowest BCUT2D eigenvalue weighted by molar-refractivity contribution is -0.129. The van der Waals surface area contributed by atoms with E-state index in [0.717, 1.165) is 19.4 Å². The molecule has 0 aliphatic carbocycles. The summed E-state index contributed by atoms with van der Waals surface area (Å²) in [6, 6.07) is 0. The van der Waals surface area contributed by atoms with Gasteiger partial charge in [-0.2, -0.15) is 0 Å². The normalized spacial score (nSPS) is 15.8. The molecule has 2 rings (SSSR count). The number of hydrogen-bond acceptors (Lipinski definition) is 5. The average Bonchev–Trinajstić information content (AvgIpc) is 2.39. The SMILES string of the molecule is CC(=O)N1CCN(c2ncc(C=O)cn2)CC1. The van der Waals surface area contributed by atoms with Gasteiger partial charge in [-0.1, -0.05) is 0 Å². The van der Waals surface area contributed by atoms with Crippen molar-refractivity contribution in [3.05, 3.63) is 18.0 Å².